The van der Waals surface area contributed by atoms with Crippen molar-refractivity contribution < 1.29 is 4.79 Å². The Balaban J connectivity index is 0.000000679. The Morgan fingerprint density at radius 1 is 1.26 bits per heavy atom. The molecule has 0 fully saturated rings. The number of hydrogen-bond donors (Lipinski definition) is 3. The fourth-order valence-electron chi connectivity index (χ4n) is 4.26. The first kappa shape index (κ1) is 36.0. The zero-order valence-corrected chi connectivity index (χ0v) is 26.8. The topological polar surface area (TPSA) is 139 Å². The van der Waals surface area contributed by atoms with Gasteiger partial charge >= 0.3 is 0 Å². The summed E-state index contributed by atoms with van der Waals surface area (Å²) in [6.45, 7) is 15.2. The lowest BCUT2D eigenvalue weighted by molar-refractivity contribution is -0.109. The lowest BCUT2D eigenvalue weighted by atomic mass is 9.97. The molecular weight excluding hydrogens is 526 g/mol. The Kier molecular flexibility index (Phi) is 16.4. The Bertz CT molecular complexity index is 1300. The van der Waals surface area contributed by atoms with Crippen molar-refractivity contribution >= 4 is 29.4 Å². The van der Waals surface area contributed by atoms with E-state index in [1.165, 1.54) is 19.0 Å². The van der Waals surface area contributed by atoms with Crippen molar-refractivity contribution in [1.29, 1.82) is 0 Å². The molecule has 0 aromatic carbocycles. The number of allylic oxidation sites excluding steroid dienone is 4. The van der Waals surface area contributed by atoms with Gasteiger partial charge in [-0.2, -0.15) is 5.10 Å². The lowest BCUT2D eigenvalue weighted by Gasteiger charge is -2.24. The highest BCUT2D eigenvalue weighted by Crippen LogP contribution is 2.22. The maximum atomic E-state index is 10.2. The SMILES string of the molecule is C=C/C(=C\C(N=C(N)c1cnn2cc(/C(C=NC)=C/N)ncc12)=C(\C)C(C)CC)NC.CCCC(CC)N(C)CC=O. The third-order valence-electron chi connectivity index (χ3n) is 7.30. The van der Waals surface area contributed by atoms with Crippen LogP contribution in [-0.2, 0) is 4.79 Å². The highest BCUT2D eigenvalue weighted by molar-refractivity contribution is 6.09. The Morgan fingerprint density at radius 2 is 1.98 bits per heavy atom. The molecule has 2 aromatic rings. The largest absolute Gasteiger partial charge is 0.404 e. The Labute approximate surface area is 252 Å². The minimum absolute atomic E-state index is 0.362. The molecule has 5 N–H and O–H groups in total. The number of aliphatic imine (C=N–C) groups is 2. The summed E-state index contributed by atoms with van der Waals surface area (Å²) in [4.78, 5) is 25.6. The molecule has 0 bridgehead atoms. The normalized spacial score (nSPS) is 14.8. The molecule has 2 unspecified atom stereocenters. The number of aromatic nitrogens is 3. The van der Waals surface area contributed by atoms with Gasteiger partial charge in [0.25, 0.3) is 0 Å². The summed E-state index contributed by atoms with van der Waals surface area (Å²) in [6, 6.07) is 0.588. The average molecular weight is 578 g/mol. The van der Waals surface area contributed by atoms with Gasteiger partial charge in [0.15, 0.2) is 0 Å². The molecule has 10 heteroatoms. The summed E-state index contributed by atoms with van der Waals surface area (Å²) >= 11 is 0. The summed E-state index contributed by atoms with van der Waals surface area (Å²) < 4.78 is 1.70. The van der Waals surface area contributed by atoms with Crippen LogP contribution >= 0.6 is 0 Å². The second-order valence-electron chi connectivity index (χ2n) is 10.1. The molecule has 2 heterocycles. The number of nitrogens with zero attached hydrogens (tertiary/aromatic N) is 6. The first-order valence-corrected chi connectivity index (χ1v) is 14.5. The number of hydrogen-bond acceptors (Lipinski definition) is 8. The molecule has 0 saturated carbocycles. The molecule has 2 aromatic heterocycles. The first-order chi connectivity index (χ1) is 20.1. The van der Waals surface area contributed by atoms with Gasteiger partial charge in [-0.3, -0.25) is 14.9 Å². The summed E-state index contributed by atoms with van der Waals surface area (Å²) in [5, 5.41) is 7.53. The Hall–Kier alpha value is -4.05. The summed E-state index contributed by atoms with van der Waals surface area (Å²) in [5.74, 6) is 0.725. The van der Waals surface area contributed by atoms with Crippen LogP contribution in [0.15, 0.2) is 70.5 Å². The summed E-state index contributed by atoms with van der Waals surface area (Å²) in [7, 11) is 5.54. The van der Waals surface area contributed by atoms with Crippen LogP contribution in [0.3, 0.4) is 0 Å². The van der Waals surface area contributed by atoms with Crippen LogP contribution in [0.2, 0.25) is 0 Å². The van der Waals surface area contributed by atoms with Gasteiger partial charge in [-0.15, -0.1) is 0 Å². The van der Waals surface area contributed by atoms with Crippen LogP contribution in [0, 0.1) is 5.92 Å². The van der Waals surface area contributed by atoms with Crippen LogP contribution in [0.1, 0.15) is 71.6 Å². The van der Waals surface area contributed by atoms with Gasteiger partial charge in [-0.25, -0.2) is 9.51 Å². The average Bonchev–Trinajstić information content (AvgIpc) is 3.43. The van der Waals surface area contributed by atoms with Gasteiger partial charge in [-0.05, 0) is 56.9 Å². The predicted octanol–water partition coefficient (Wildman–Crippen LogP) is 4.74. The Morgan fingerprint density at radius 3 is 2.50 bits per heavy atom. The van der Waals surface area contributed by atoms with Crippen molar-refractivity contribution in [2.24, 2.45) is 27.4 Å². The molecule has 0 aliphatic heterocycles. The van der Waals surface area contributed by atoms with Crippen molar-refractivity contribution in [2.75, 3.05) is 27.7 Å². The van der Waals surface area contributed by atoms with Crippen LogP contribution < -0.4 is 16.8 Å². The van der Waals surface area contributed by atoms with Crippen molar-refractivity contribution in [3.05, 3.63) is 71.7 Å². The minimum Gasteiger partial charge on any atom is -0.404 e. The fraction of sp³-hybridized carbons (Fsp3) is 0.469. The minimum atomic E-state index is 0.362. The number of carbonyl (C=O) groups excluding carboxylic acids is 1. The molecule has 0 saturated heterocycles. The number of nitrogens with two attached hydrogens (primary N) is 2. The second kappa shape index (κ2) is 19.1. The smallest absolute Gasteiger partial charge is 0.135 e. The molecule has 0 amide bonds. The molecule has 0 aliphatic carbocycles. The monoisotopic (exact) mass is 577 g/mol. The summed E-state index contributed by atoms with van der Waals surface area (Å²) in [6.07, 6.45) is 17.5. The molecule has 42 heavy (non-hydrogen) atoms. The number of nitrogens with one attached hydrogen (secondary N) is 1. The fourth-order valence-corrected chi connectivity index (χ4v) is 4.26. The number of likely N-dealkylation sites (N-methyl/N-ethyl adjacent to an activating group) is 2. The van der Waals surface area contributed by atoms with E-state index in [9.17, 15) is 4.79 Å². The second-order valence-corrected chi connectivity index (χ2v) is 10.1. The predicted molar refractivity (Wildman–Crippen MR) is 177 cm³/mol. The van der Waals surface area contributed by atoms with E-state index in [-0.39, 0.29) is 0 Å². The third kappa shape index (κ3) is 10.4. The van der Waals surface area contributed by atoms with Crippen molar-refractivity contribution in [1.82, 2.24) is 24.8 Å². The molecule has 10 nitrogen and oxygen atoms in total. The van der Waals surface area contributed by atoms with E-state index in [0.717, 1.165) is 41.6 Å². The molecule has 2 atom stereocenters. The van der Waals surface area contributed by atoms with E-state index in [4.69, 9.17) is 16.5 Å². The van der Waals surface area contributed by atoms with Crippen molar-refractivity contribution in [3.8, 4) is 0 Å². The van der Waals surface area contributed by atoms with E-state index in [2.05, 4.69) is 66.5 Å². The van der Waals surface area contributed by atoms with Gasteiger partial charge in [-0.1, -0.05) is 40.7 Å². The highest BCUT2D eigenvalue weighted by atomic mass is 16.1. The van der Waals surface area contributed by atoms with Gasteiger partial charge < -0.3 is 21.6 Å². The third-order valence-corrected chi connectivity index (χ3v) is 7.30. The zero-order chi connectivity index (χ0) is 31.7. The van der Waals surface area contributed by atoms with Gasteiger partial charge in [0.2, 0.25) is 0 Å². The zero-order valence-electron chi connectivity index (χ0n) is 26.8. The van der Waals surface area contributed by atoms with E-state index in [1.807, 2.05) is 20.2 Å². The number of carbonyl (C=O) groups is 1. The van der Waals surface area contributed by atoms with E-state index >= 15 is 0 Å². The standard InChI is InChI=1S/C23H32N8.C9H19NO/c1-7-15(3)16(4)20(9-18(8-2)27-6)30-23(25)19-12-29-31-14-21(28-13-22(19)31)17(10-24)11-26-5;1-4-6-9(5-2)10(3)7-8-11/h8-15,27H,2,7,24H2,1,3-6H3,(H2,25,30);8-9H,4-7H2,1-3H3/b17-10+,18-9+,20-16+,26-11?;. The van der Waals surface area contributed by atoms with Crippen molar-refractivity contribution in [2.45, 2.75) is 66.3 Å². The molecule has 0 aliphatic rings. The molecular formula is C32H51N9O. The quantitative estimate of drug-likeness (QED) is 0.120. The maximum Gasteiger partial charge on any atom is 0.135 e. The van der Waals surface area contributed by atoms with Gasteiger partial charge in [0, 0.05) is 43.8 Å². The number of aldehydes is 1. The van der Waals surface area contributed by atoms with Crippen LogP contribution in [0.5, 0.6) is 0 Å². The molecule has 230 valence electrons. The molecule has 0 radical (unpaired) electrons. The maximum absolute atomic E-state index is 10.2. The van der Waals surface area contributed by atoms with Gasteiger partial charge in [0.1, 0.15) is 12.1 Å². The van der Waals surface area contributed by atoms with Gasteiger partial charge in [0.05, 0.1) is 47.6 Å². The number of amidine groups is 1. The summed E-state index contributed by atoms with van der Waals surface area (Å²) in [5.41, 5.74) is 17.7. The van der Waals surface area contributed by atoms with Crippen LogP contribution in [0.4, 0.5) is 0 Å². The van der Waals surface area contributed by atoms with Crippen molar-refractivity contribution in [3.63, 3.8) is 0 Å². The van der Waals surface area contributed by atoms with Crippen LogP contribution in [0.25, 0.3) is 11.1 Å². The van der Waals surface area contributed by atoms with E-state index in [1.54, 1.807) is 42.4 Å². The number of fused-ring (bicyclic) bond motifs is 1. The lowest BCUT2D eigenvalue weighted by Crippen LogP contribution is -2.32. The molecule has 0 spiro atoms. The van der Waals surface area contributed by atoms with E-state index in [0.29, 0.717) is 41.2 Å². The highest BCUT2D eigenvalue weighted by Gasteiger charge is 2.13. The number of rotatable bonds is 15. The molecule has 2 rings (SSSR count). The first-order valence-electron chi connectivity index (χ1n) is 14.5. The van der Waals surface area contributed by atoms with Crippen LogP contribution in [-0.4, -0.2) is 71.6 Å². The van der Waals surface area contributed by atoms with E-state index < -0.39 is 0 Å².